The second-order valence-electron chi connectivity index (χ2n) is 4.83. The summed E-state index contributed by atoms with van der Waals surface area (Å²) in [5.41, 5.74) is 1.70. The van der Waals surface area contributed by atoms with Gasteiger partial charge in [0.15, 0.2) is 0 Å². The van der Waals surface area contributed by atoms with Crippen molar-refractivity contribution < 1.29 is 4.92 Å². The minimum Gasteiger partial charge on any atom is -0.304 e. The van der Waals surface area contributed by atoms with E-state index in [1.54, 1.807) is 6.92 Å². The van der Waals surface area contributed by atoms with E-state index in [0.717, 1.165) is 11.0 Å². The Morgan fingerprint density at radius 1 is 1.14 bits per heavy atom. The number of benzene rings is 1. The molecule has 2 heterocycles. The van der Waals surface area contributed by atoms with E-state index in [9.17, 15) is 14.9 Å². The second-order valence-corrected chi connectivity index (χ2v) is 4.83. The number of pyridine rings is 1. The molecule has 22 heavy (non-hydrogen) atoms. The van der Waals surface area contributed by atoms with Gasteiger partial charge in [-0.05, 0) is 25.1 Å². The Morgan fingerprint density at radius 2 is 1.82 bits per heavy atom. The van der Waals surface area contributed by atoms with Crippen molar-refractivity contribution in [3.63, 3.8) is 0 Å². The molecule has 0 amide bonds. The lowest BCUT2D eigenvalue weighted by molar-refractivity contribution is -0.386. The number of hydrogen-bond donors (Lipinski definition) is 0. The zero-order valence-electron chi connectivity index (χ0n) is 11.8. The zero-order chi connectivity index (χ0) is 15.7. The Morgan fingerprint density at radius 3 is 2.50 bits per heavy atom. The van der Waals surface area contributed by atoms with Crippen LogP contribution >= 0.6 is 0 Å². The smallest absolute Gasteiger partial charge is 0.304 e. The average molecular weight is 296 g/mol. The first-order valence-corrected chi connectivity index (χ1v) is 6.62. The first-order valence-electron chi connectivity index (χ1n) is 6.62. The normalized spacial score (nSPS) is 10.8. The van der Waals surface area contributed by atoms with E-state index in [1.165, 1.54) is 22.9 Å². The second kappa shape index (κ2) is 5.36. The van der Waals surface area contributed by atoms with Gasteiger partial charge in [-0.15, -0.1) is 0 Å². The molecule has 0 radical (unpaired) electrons. The van der Waals surface area contributed by atoms with Gasteiger partial charge in [-0.1, -0.05) is 12.1 Å². The highest BCUT2D eigenvalue weighted by atomic mass is 16.6. The lowest BCUT2D eigenvalue weighted by Gasteiger charge is -2.08. The van der Waals surface area contributed by atoms with Crippen molar-refractivity contribution in [1.82, 2.24) is 14.5 Å². The van der Waals surface area contributed by atoms with Gasteiger partial charge in [0, 0.05) is 12.3 Å². The molecule has 3 rings (SSSR count). The molecule has 0 fully saturated rings. The summed E-state index contributed by atoms with van der Waals surface area (Å²) in [7, 11) is 0. The average Bonchev–Trinajstić information content (AvgIpc) is 2.49. The third-order valence-electron chi connectivity index (χ3n) is 3.36. The Hall–Kier alpha value is -3.09. The topological polar surface area (TPSA) is 90.9 Å². The summed E-state index contributed by atoms with van der Waals surface area (Å²) in [5.74, 6) is 0. The Labute approximate surface area is 125 Å². The van der Waals surface area contributed by atoms with E-state index in [2.05, 4.69) is 9.97 Å². The SMILES string of the molecule is Cc1nc2ccccc2nc1Cn1cccc([N+](=O)[O-])c1=O. The van der Waals surface area contributed by atoms with Gasteiger partial charge < -0.3 is 4.57 Å². The summed E-state index contributed by atoms with van der Waals surface area (Å²) >= 11 is 0. The van der Waals surface area contributed by atoms with Crippen LogP contribution in [0.1, 0.15) is 11.4 Å². The molecule has 1 aromatic carbocycles. The van der Waals surface area contributed by atoms with Gasteiger partial charge >= 0.3 is 11.2 Å². The number of aromatic nitrogens is 3. The lowest BCUT2D eigenvalue weighted by Crippen LogP contribution is -2.23. The minimum atomic E-state index is -0.683. The van der Waals surface area contributed by atoms with Crippen molar-refractivity contribution in [3.8, 4) is 0 Å². The van der Waals surface area contributed by atoms with E-state index in [4.69, 9.17) is 0 Å². The molecule has 0 saturated heterocycles. The summed E-state index contributed by atoms with van der Waals surface area (Å²) in [6.45, 7) is 1.95. The van der Waals surface area contributed by atoms with Crippen molar-refractivity contribution in [3.05, 3.63) is 74.5 Å². The van der Waals surface area contributed by atoms with Crippen LogP contribution in [0.3, 0.4) is 0 Å². The molecule has 0 bridgehead atoms. The largest absolute Gasteiger partial charge is 0.334 e. The Balaban J connectivity index is 2.07. The zero-order valence-corrected chi connectivity index (χ0v) is 11.8. The number of nitrogens with zero attached hydrogens (tertiary/aromatic N) is 4. The molecule has 7 nitrogen and oxygen atoms in total. The summed E-state index contributed by atoms with van der Waals surface area (Å²) in [6.07, 6.45) is 1.51. The highest BCUT2D eigenvalue weighted by Crippen LogP contribution is 2.13. The fraction of sp³-hybridized carbons (Fsp3) is 0.133. The monoisotopic (exact) mass is 296 g/mol. The molecule has 110 valence electrons. The Kier molecular flexibility index (Phi) is 3.38. The van der Waals surface area contributed by atoms with Crippen molar-refractivity contribution >= 4 is 16.7 Å². The maximum atomic E-state index is 12.1. The third kappa shape index (κ3) is 2.44. The van der Waals surface area contributed by atoms with Gasteiger partial charge in [0.05, 0.1) is 33.9 Å². The number of para-hydroxylation sites is 2. The molecule has 0 N–H and O–H groups in total. The highest BCUT2D eigenvalue weighted by Gasteiger charge is 2.15. The van der Waals surface area contributed by atoms with Gasteiger partial charge in [0.1, 0.15) is 0 Å². The fourth-order valence-corrected chi connectivity index (χ4v) is 2.22. The first-order chi connectivity index (χ1) is 10.6. The number of rotatable bonds is 3. The first kappa shape index (κ1) is 13.9. The summed E-state index contributed by atoms with van der Waals surface area (Å²) in [6, 6.07) is 10.1. The molecule has 0 saturated carbocycles. The number of fused-ring (bicyclic) bond motifs is 1. The number of hydrogen-bond acceptors (Lipinski definition) is 5. The van der Waals surface area contributed by atoms with Crippen LogP contribution in [0.2, 0.25) is 0 Å². The molecule has 3 aromatic rings. The predicted molar refractivity (Wildman–Crippen MR) is 80.7 cm³/mol. The standard InChI is InChI=1S/C15H12N4O3/c1-10-13(17-12-6-3-2-5-11(12)16-10)9-18-8-4-7-14(15(18)20)19(21)22/h2-8H,9H2,1H3. The summed E-state index contributed by atoms with van der Waals surface area (Å²) in [4.78, 5) is 31.2. The van der Waals surface area contributed by atoms with Gasteiger partial charge in [0.2, 0.25) is 0 Å². The van der Waals surface area contributed by atoms with Crippen LogP contribution in [0.5, 0.6) is 0 Å². The van der Waals surface area contributed by atoms with Crippen LogP contribution in [-0.2, 0) is 6.54 Å². The molecule has 0 atom stereocenters. The maximum Gasteiger partial charge on any atom is 0.334 e. The van der Waals surface area contributed by atoms with E-state index >= 15 is 0 Å². The van der Waals surface area contributed by atoms with Crippen LogP contribution in [0.25, 0.3) is 11.0 Å². The maximum absolute atomic E-state index is 12.1. The van der Waals surface area contributed by atoms with Gasteiger partial charge in [-0.3, -0.25) is 14.9 Å². The molecular weight excluding hydrogens is 284 g/mol. The quantitative estimate of drug-likeness (QED) is 0.545. The minimum absolute atomic E-state index is 0.143. The van der Waals surface area contributed by atoms with Crippen molar-refractivity contribution in [2.75, 3.05) is 0 Å². The highest BCUT2D eigenvalue weighted by molar-refractivity contribution is 5.74. The van der Waals surface area contributed by atoms with Crippen LogP contribution in [0.15, 0.2) is 47.4 Å². The molecule has 0 aliphatic rings. The van der Waals surface area contributed by atoms with E-state index in [1.807, 2.05) is 24.3 Å². The molecular formula is C15H12N4O3. The molecule has 0 aliphatic carbocycles. The fourth-order valence-electron chi connectivity index (χ4n) is 2.22. The van der Waals surface area contributed by atoms with E-state index in [0.29, 0.717) is 11.4 Å². The van der Waals surface area contributed by atoms with Gasteiger partial charge in [-0.25, -0.2) is 9.97 Å². The molecule has 0 aliphatic heterocycles. The van der Waals surface area contributed by atoms with E-state index < -0.39 is 16.2 Å². The van der Waals surface area contributed by atoms with Crippen molar-refractivity contribution in [2.45, 2.75) is 13.5 Å². The van der Waals surface area contributed by atoms with Crippen LogP contribution in [-0.4, -0.2) is 19.5 Å². The number of nitro groups is 1. The van der Waals surface area contributed by atoms with Gasteiger partial charge in [-0.2, -0.15) is 0 Å². The Bertz CT molecular complexity index is 933. The molecule has 7 heteroatoms. The van der Waals surface area contributed by atoms with E-state index in [-0.39, 0.29) is 6.54 Å². The molecule has 0 unspecified atom stereocenters. The third-order valence-corrected chi connectivity index (χ3v) is 3.36. The predicted octanol–water partition coefficient (Wildman–Crippen LogP) is 2.06. The molecule has 0 spiro atoms. The van der Waals surface area contributed by atoms with Crippen LogP contribution in [0.4, 0.5) is 5.69 Å². The lowest BCUT2D eigenvalue weighted by atomic mass is 10.2. The van der Waals surface area contributed by atoms with Crippen molar-refractivity contribution in [1.29, 1.82) is 0 Å². The van der Waals surface area contributed by atoms with Gasteiger partial charge in [0.25, 0.3) is 0 Å². The number of aryl methyl sites for hydroxylation is 1. The summed E-state index contributed by atoms with van der Waals surface area (Å²) < 4.78 is 1.27. The molecule has 2 aromatic heterocycles. The summed E-state index contributed by atoms with van der Waals surface area (Å²) in [5, 5.41) is 10.8. The van der Waals surface area contributed by atoms with Crippen LogP contribution < -0.4 is 5.56 Å². The van der Waals surface area contributed by atoms with Crippen molar-refractivity contribution in [2.24, 2.45) is 0 Å². The van der Waals surface area contributed by atoms with Crippen LogP contribution in [0, 0.1) is 17.0 Å².